The van der Waals surface area contributed by atoms with Gasteiger partial charge in [-0.15, -0.1) is 0 Å². The molecule has 1 heterocycles. The molecule has 0 spiro atoms. The molecular formula is C10H18N2O3S. The van der Waals surface area contributed by atoms with Gasteiger partial charge in [-0.3, -0.25) is 0 Å². The molecule has 0 aliphatic carbocycles. The molecule has 5 nitrogen and oxygen atoms in total. The van der Waals surface area contributed by atoms with E-state index in [0.29, 0.717) is 13.1 Å². The van der Waals surface area contributed by atoms with Crippen LogP contribution in [0.25, 0.3) is 0 Å². The first-order valence-corrected chi connectivity index (χ1v) is 6.59. The van der Waals surface area contributed by atoms with Gasteiger partial charge in [0.05, 0.1) is 17.8 Å². The van der Waals surface area contributed by atoms with E-state index in [1.54, 1.807) is 33.3 Å². The Kier molecular flexibility index (Phi) is 4.52. The second-order valence-corrected chi connectivity index (χ2v) is 6.26. The fourth-order valence-corrected chi connectivity index (χ4v) is 2.75. The van der Waals surface area contributed by atoms with Gasteiger partial charge in [-0.05, 0) is 20.0 Å². The standard InChI is InChI=1S/C10H18N2O3S/c1-9(6-11-2)16(13,14)12(3)7-10-4-5-15-8-10/h4-5,8-9,11H,6-7H2,1-3H3. The van der Waals surface area contributed by atoms with Crippen molar-refractivity contribution in [3.8, 4) is 0 Å². The molecule has 1 rings (SSSR count). The van der Waals surface area contributed by atoms with Crippen LogP contribution in [0.15, 0.2) is 23.0 Å². The van der Waals surface area contributed by atoms with Crippen molar-refractivity contribution in [1.29, 1.82) is 0 Å². The second kappa shape index (κ2) is 5.47. The number of nitrogens with zero attached hydrogens (tertiary/aromatic N) is 1. The molecule has 0 bridgehead atoms. The van der Waals surface area contributed by atoms with Crippen molar-refractivity contribution in [2.75, 3.05) is 20.6 Å². The molecule has 0 aliphatic rings. The quantitative estimate of drug-likeness (QED) is 0.800. The van der Waals surface area contributed by atoms with Gasteiger partial charge in [-0.2, -0.15) is 0 Å². The first-order valence-electron chi connectivity index (χ1n) is 5.09. The van der Waals surface area contributed by atoms with Gasteiger partial charge in [0.25, 0.3) is 0 Å². The summed E-state index contributed by atoms with van der Waals surface area (Å²) in [7, 11) is 0.0680. The van der Waals surface area contributed by atoms with Crippen LogP contribution >= 0.6 is 0 Å². The zero-order valence-electron chi connectivity index (χ0n) is 9.80. The third-order valence-corrected chi connectivity index (χ3v) is 4.60. The highest BCUT2D eigenvalue weighted by atomic mass is 32.2. The third kappa shape index (κ3) is 3.07. The Morgan fingerprint density at radius 2 is 2.25 bits per heavy atom. The minimum atomic E-state index is -3.25. The van der Waals surface area contributed by atoms with E-state index in [1.165, 1.54) is 10.6 Å². The summed E-state index contributed by atoms with van der Waals surface area (Å²) >= 11 is 0. The predicted molar refractivity (Wildman–Crippen MR) is 62.5 cm³/mol. The lowest BCUT2D eigenvalue weighted by atomic mass is 10.3. The molecule has 0 fully saturated rings. The number of nitrogens with one attached hydrogen (secondary N) is 1. The van der Waals surface area contributed by atoms with Gasteiger partial charge in [0.15, 0.2) is 0 Å². The molecule has 1 atom stereocenters. The van der Waals surface area contributed by atoms with Gasteiger partial charge in [-0.1, -0.05) is 0 Å². The molecule has 92 valence electrons. The first kappa shape index (κ1) is 13.2. The highest BCUT2D eigenvalue weighted by Gasteiger charge is 2.25. The van der Waals surface area contributed by atoms with Gasteiger partial charge in [0, 0.05) is 25.7 Å². The second-order valence-electron chi connectivity index (χ2n) is 3.80. The van der Waals surface area contributed by atoms with Crippen LogP contribution in [0.5, 0.6) is 0 Å². The topological polar surface area (TPSA) is 62.6 Å². The number of sulfonamides is 1. The van der Waals surface area contributed by atoms with E-state index in [9.17, 15) is 8.42 Å². The molecule has 0 saturated heterocycles. The lowest BCUT2D eigenvalue weighted by Crippen LogP contribution is -2.38. The van der Waals surface area contributed by atoms with Crippen molar-refractivity contribution in [3.63, 3.8) is 0 Å². The van der Waals surface area contributed by atoms with E-state index in [4.69, 9.17) is 4.42 Å². The summed E-state index contributed by atoms with van der Waals surface area (Å²) in [4.78, 5) is 0. The van der Waals surface area contributed by atoms with Gasteiger partial charge in [-0.25, -0.2) is 12.7 Å². The molecule has 0 radical (unpaired) electrons. The summed E-state index contributed by atoms with van der Waals surface area (Å²) in [6.07, 6.45) is 3.08. The number of furan rings is 1. The average molecular weight is 246 g/mol. The maximum Gasteiger partial charge on any atom is 0.218 e. The van der Waals surface area contributed by atoms with E-state index < -0.39 is 15.3 Å². The van der Waals surface area contributed by atoms with Gasteiger partial charge in [0.1, 0.15) is 0 Å². The monoisotopic (exact) mass is 246 g/mol. The van der Waals surface area contributed by atoms with E-state index in [1.807, 2.05) is 0 Å². The van der Waals surface area contributed by atoms with Crippen molar-refractivity contribution in [3.05, 3.63) is 24.2 Å². The van der Waals surface area contributed by atoms with Gasteiger partial charge in [0.2, 0.25) is 10.0 Å². The zero-order valence-corrected chi connectivity index (χ0v) is 10.6. The lowest BCUT2D eigenvalue weighted by molar-refractivity contribution is 0.452. The van der Waals surface area contributed by atoms with Crippen molar-refractivity contribution in [2.24, 2.45) is 0 Å². The van der Waals surface area contributed by atoms with Gasteiger partial charge >= 0.3 is 0 Å². The van der Waals surface area contributed by atoms with E-state index in [2.05, 4.69) is 5.32 Å². The summed E-state index contributed by atoms with van der Waals surface area (Å²) in [6, 6.07) is 1.76. The maximum absolute atomic E-state index is 12.0. The van der Waals surface area contributed by atoms with Crippen molar-refractivity contribution in [1.82, 2.24) is 9.62 Å². The molecule has 1 unspecified atom stereocenters. The number of hydrogen-bond acceptors (Lipinski definition) is 4. The molecular weight excluding hydrogens is 228 g/mol. The Morgan fingerprint density at radius 3 is 2.75 bits per heavy atom. The number of rotatable bonds is 6. The van der Waals surface area contributed by atoms with Crippen LogP contribution in [0, 0.1) is 0 Å². The lowest BCUT2D eigenvalue weighted by Gasteiger charge is -2.21. The fraction of sp³-hybridized carbons (Fsp3) is 0.600. The molecule has 0 aromatic carbocycles. The third-order valence-electron chi connectivity index (χ3n) is 2.42. The molecule has 0 aliphatic heterocycles. The highest BCUT2D eigenvalue weighted by Crippen LogP contribution is 2.11. The Hall–Kier alpha value is -0.850. The van der Waals surface area contributed by atoms with Crippen LogP contribution in [0.1, 0.15) is 12.5 Å². The maximum atomic E-state index is 12.0. The summed E-state index contributed by atoms with van der Waals surface area (Å²) < 4.78 is 30.3. The first-order chi connectivity index (χ1) is 7.48. The number of hydrogen-bond donors (Lipinski definition) is 1. The highest BCUT2D eigenvalue weighted by molar-refractivity contribution is 7.89. The minimum Gasteiger partial charge on any atom is -0.472 e. The van der Waals surface area contributed by atoms with E-state index >= 15 is 0 Å². The molecule has 6 heteroatoms. The summed E-state index contributed by atoms with van der Waals surface area (Å²) in [5, 5.41) is 2.43. The van der Waals surface area contributed by atoms with Crippen LogP contribution in [0.2, 0.25) is 0 Å². The Morgan fingerprint density at radius 1 is 1.56 bits per heavy atom. The van der Waals surface area contributed by atoms with Crippen LogP contribution in [-0.2, 0) is 16.6 Å². The van der Waals surface area contributed by atoms with Crippen LogP contribution in [-0.4, -0.2) is 38.6 Å². The molecule has 1 aromatic rings. The average Bonchev–Trinajstić information content (AvgIpc) is 2.70. The predicted octanol–water partition coefficient (Wildman–Crippen LogP) is 0.649. The fourth-order valence-electron chi connectivity index (χ4n) is 1.43. The summed E-state index contributed by atoms with van der Waals surface area (Å²) in [6.45, 7) is 2.47. The van der Waals surface area contributed by atoms with E-state index in [0.717, 1.165) is 5.56 Å². The molecule has 0 saturated carbocycles. The normalized spacial score (nSPS) is 14.2. The minimum absolute atomic E-state index is 0.340. The Labute approximate surface area is 96.5 Å². The van der Waals surface area contributed by atoms with Crippen molar-refractivity contribution < 1.29 is 12.8 Å². The Bertz CT molecular complexity index is 400. The zero-order chi connectivity index (χ0) is 12.2. The molecule has 0 amide bonds. The van der Waals surface area contributed by atoms with Crippen molar-refractivity contribution >= 4 is 10.0 Å². The molecule has 1 aromatic heterocycles. The van der Waals surface area contributed by atoms with Crippen LogP contribution < -0.4 is 5.32 Å². The molecule has 1 N–H and O–H groups in total. The SMILES string of the molecule is CNCC(C)S(=O)(=O)N(C)Cc1ccoc1. The van der Waals surface area contributed by atoms with Crippen LogP contribution in [0.3, 0.4) is 0 Å². The van der Waals surface area contributed by atoms with Crippen molar-refractivity contribution in [2.45, 2.75) is 18.7 Å². The van der Waals surface area contributed by atoms with Crippen LogP contribution in [0.4, 0.5) is 0 Å². The molecule has 16 heavy (non-hydrogen) atoms. The van der Waals surface area contributed by atoms with Gasteiger partial charge < -0.3 is 9.73 Å². The largest absolute Gasteiger partial charge is 0.472 e. The Balaban J connectivity index is 2.69. The van der Waals surface area contributed by atoms with E-state index in [-0.39, 0.29) is 0 Å². The smallest absolute Gasteiger partial charge is 0.218 e. The summed E-state index contributed by atoms with van der Waals surface area (Å²) in [5.74, 6) is 0. The summed E-state index contributed by atoms with van der Waals surface area (Å²) in [5.41, 5.74) is 0.850.